The fourth-order valence-corrected chi connectivity index (χ4v) is 2.68. The van der Waals surface area contributed by atoms with Crippen molar-refractivity contribution in [2.75, 3.05) is 18.0 Å². The quantitative estimate of drug-likeness (QED) is 0.923. The van der Waals surface area contributed by atoms with Gasteiger partial charge >= 0.3 is 6.18 Å². The van der Waals surface area contributed by atoms with Gasteiger partial charge in [0.15, 0.2) is 0 Å². The number of anilines is 1. The van der Waals surface area contributed by atoms with Crippen LogP contribution in [0.2, 0.25) is 0 Å². The SMILES string of the molecule is Oc1ccc(N2CCC(Oc3ccc(C(F)(F)F)cn3)CC2)cc1. The molecule has 4 nitrogen and oxygen atoms in total. The molecule has 0 aliphatic carbocycles. The Kier molecular flexibility index (Phi) is 4.51. The van der Waals surface area contributed by atoms with Gasteiger partial charge in [0.1, 0.15) is 11.9 Å². The molecule has 1 aromatic carbocycles. The normalized spacial score (nSPS) is 16.2. The third-order valence-corrected chi connectivity index (χ3v) is 4.01. The Morgan fingerprint density at radius 3 is 2.25 bits per heavy atom. The molecule has 1 saturated heterocycles. The molecule has 7 heteroatoms. The summed E-state index contributed by atoms with van der Waals surface area (Å²) in [7, 11) is 0. The number of aromatic hydroxyl groups is 1. The van der Waals surface area contributed by atoms with Crippen LogP contribution in [0.25, 0.3) is 0 Å². The Morgan fingerprint density at radius 1 is 1.04 bits per heavy atom. The predicted octanol–water partition coefficient (Wildman–Crippen LogP) is 3.85. The van der Waals surface area contributed by atoms with Gasteiger partial charge in [-0.05, 0) is 30.3 Å². The molecule has 0 atom stereocenters. The lowest BCUT2D eigenvalue weighted by Gasteiger charge is -2.33. The van der Waals surface area contributed by atoms with E-state index < -0.39 is 11.7 Å². The highest BCUT2D eigenvalue weighted by molar-refractivity contribution is 5.49. The predicted molar refractivity (Wildman–Crippen MR) is 83.2 cm³/mol. The first-order chi connectivity index (χ1) is 11.4. The minimum Gasteiger partial charge on any atom is -0.508 e. The fourth-order valence-electron chi connectivity index (χ4n) is 2.68. The molecule has 3 rings (SSSR count). The molecular formula is C17H17F3N2O2. The van der Waals surface area contributed by atoms with E-state index in [2.05, 4.69) is 9.88 Å². The van der Waals surface area contributed by atoms with Crippen molar-refractivity contribution < 1.29 is 23.0 Å². The Bertz CT molecular complexity index is 664. The summed E-state index contributed by atoms with van der Waals surface area (Å²) >= 11 is 0. The van der Waals surface area contributed by atoms with Gasteiger partial charge in [-0.15, -0.1) is 0 Å². The van der Waals surface area contributed by atoms with Crippen LogP contribution >= 0.6 is 0 Å². The second-order valence-electron chi connectivity index (χ2n) is 5.70. The number of piperidine rings is 1. The number of phenols is 1. The Hall–Kier alpha value is -2.44. The van der Waals surface area contributed by atoms with Crippen LogP contribution in [-0.4, -0.2) is 29.3 Å². The van der Waals surface area contributed by atoms with E-state index in [0.29, 0.717) is 0 Å². The summed E-state index contributed by atoms with van der Waals surface area (Å²) in [6, 6.07) is 9.24. The van der Waals surface area contributed by atoms with Gasteiger partial charge in [-0.2, -0.15) is 13.2 Å². The fraction of sp³-hybridized carbons (Fsp3) is 0.353. The summed E-state index contributed by atoms with van der Waals surface area (Å²) in [5.74, 6) is 0.441. The third-order valence-electron chi connectivity index (χ3n) is 4.01. The van der Waals surface area contributed by atoms with Crippen molar-refractivity contribution in [2.45, 2.75) is 25.1 Å². The molecule has 0 amide bonds. The molecule has 0 saturated carbocycles. The van der Waals surface area contributed by atoms with Crippen molar-refractivity contribution in [2.24, 2.45) is 0 Å². The third kappa shape index (κ3) is 3.90. The number of ether oxygens (including phenoxy) is 1. The monoisotopic (exact) mass is 338 g/mol. The van der Waals surface area contributed by atoms with Crippen LogP contribution in [0.4, 0.5) is 18.9 Å². The van der Waals surface area contributed by atoms with Gasteiger partial charge in [-0.25, -0.2) is 4.98 Å². The Morgan fingerprint density at radius 2 is 1.71 bits per heavy atom. The van der Waals surface area contributed by atoms with Gasteiger partial charge in [0.25, 0.3) is 0 Å². The van der Waals surface area contributed by atoms with E-state index >= 15 is 0 Å². The minimum absolute atomic E-state index is 0.0670. The van der Waals surface area contributed by atoms with Crippen LogP contribution in [0.15, 0.2) is 42.6 Å². The van der Waals surface area contributed by atoms with Gasteiger partial charge in [0.05, 0.1) is 5.56 Å². The van der Waals surface area contributed by atoms with E-state index in [4.69, 9.17) is 4.74 Å². The molecule has 1 aliphatic heterocycles. The van der Waals surface area contributed by atoms with Gasteiger partial charge in [0.2, 0.25) is 5.88 Å². The molecule has 1 N–H and O–H groups in total. The average molecular weight is 338 g/mol. The number of rotatable bonds is 3. The molecule has 2 heterocycles. The number of benzene rings is 1. The lowest BCUT2D eigenvalue weighted by atomic mass is 10.1. The zero-order valence-electron chi connectivity index (χ0n) is 12.8. The van der Waals surface area contributed by atoms with Crippen LogP contribution in [-0.2, 0) is 6.18 Å². The summed E-state index contributed by atoms with van der Waals surface area (Å²) in [5.41, 5.74) is 0.246. The molecular weight excluding hydrogens is 321 g/mol. The number of phenolic OH excluding ortho intramolecular Hbond substituents is 1. The lowest BCUT2D eigenvalue weighted by Crippen LogP contribution is -2.38. The molecule has 1 fully saturated rings. The number of hydrogen-bond acceptors (Lipinski definition) is 4. The van der Waals surface area contributed by atoms with E-state index in [1.807, 2.05) is 12.1 Å². The van der Waals surface area contributed by atoms with Gasteiger partial charge in [-0.3, -0.25) is 0 Å². The van der Waals surface area contributed by atoms with E-state index in [-0.39, 0.29) is 17.7 Å². The van der Waals surface area contributed by atoms with Crippen molar-refractivity contribution in [1.29, 1.82) is 0 Å². The second-order valence-corrected chi connectivity index (χ2v) is 5.70. The van der Waals surface area contributed by atoms with E-state index in [0.717, 1.165) is 43.9 Å². The van der Waals surface area contributed by atoms with E-state index in [1.54, 1.807) is 12.1 Å². The van der Waals surface area contributed by atoms with Crippen molar-refractivity contribution in [3.63, 3.8) is 0 Å². The van der Waals surface area contributed by atoms with Crippen LogP contribution in [0, 0.1) is 0 Å². The first-order valence-corrected chi connectivity index (χ1v) is 7.66. The molecule has 2 aromatic rings. The summed E-state index contributed by atoms with van der Waals surface area (Å²) < 4.78 is 43.2. The first-order valence-electron chi connectivity index (χ1n) is 7.66. The summed E-state index contributed by atoms with van der Waals surface area (Å²) in [5, 5.41) is 9.32. The lowest BCUT2D eigenvalue weighted by molar-refractivity contribution is -0.137. The van der Waals surface area contributed by atoms with Crippen LogP contribution in [0.3, 0.4) is 0 Å². The van der Waals surface area contributed by atoms with Crippen molar-refractivity contribution in [3.8, 4) is 11.6 Å². The topological polar surface area (TPSA) is 45.6 Å². The van der Waals surface area contributed by atoms with E-state index in [1.165, 1.54) is 6.07 Å². The van der Waals surface area contributed by atoms with Crippen LogP contribution in [0.5, 0.6) is 11.6 Å². The molecule has 24 heavy (non-hydrogen) atoms. The number of halogens is 3. The first kappa shape index (κ1) is 16.4. The highest BCUT2D eigenvalue weighted by Crippen LogP contribution is 2.30. The molecule has 128 valence electrons. The van der Waals surface area contributed by atoms with E-state index in [9.17, 15) is 18.3 Å². The number of alkyl halides is 3. The van der Waals surface area contributed by atoms with Crippen LogP contribution in [0.1, 0.15) is 18.4 Å². The number of nitrogens with zero attached hydrogens (tertiary/aromatic N) is 2. The maximum atomic E-state index is 12.5. The highest BCUT2D eigenvalue weighted by atomic mass is 19.4. The molecule has 0 spiro atoms. The summed E-state index contributed by atoms with van der Waals surface area (Å²) in [4.78, 5) is 5.92. The highest BCUT2D eigenvalue weighted by Gasteiger charge is 2.31. The zero-order valence-corrected chi connectivity index (χ0v) is 12.8. The summed E-state index contributed by atoms with van der Waals surface area (Å²) in [6.07, 6.45) is -2.16. The van der Waals surface area contributed by atoms with Crippen molar-refractivity contribution in [3.05, 3.63) is 48.2 Å². The van der Waals surface area contributed by atoms with Crippen LogP contribution < -0.4 is 9.64 Å². The Balaban J connectivity index is 1.54. The minimum atomic E-state index is -4.39. The smallest absolute Gasteiger partial charge is 0.417 e. The molecule has 1 aliphatic rings. The van der Waals surface area contributed by atoms with Gasteiger partial charge < -0.3 is 14.7 Å². The number of aromatic nitrogens is 1. The van der Waals surface area contributed by atoms with Gasteiger partial charge in [-0.1, -0.05) is 0 Å². The standard InChI is InChI=1S/C17H17F3N2O2/c18-17(19,20)12-1-6-16(21-11-12)24-15-7-9-22(10-8-15)13-2-4-14(23)5-3-13/h1-6,11,15,23H,7-10H2. The number of pyridine rings is 1. The molecule has 0 unspecified atom stereocenters. The maximum Gasteiger partial charge on any atom is 0.417 e. The second kappa shape index (κ2) is 6.59. The average Bonchev–Trinajstić information content (AvgIpc) is 2.56. The number of hydrogen-bond donors (Lipinski definition) is 1. The van der Waals surface area contributed by atoms with Gasteiger partial charge in [0, 0.05) is 43.9 Å². The Labute approximate surface area is 137 Å². The maximum absolute atomic E-state index is 12.5. The summed E-state index contributed by atoms with van der Waals surface area (Å²) in [6.45, 7) is 1.55. The molecule has 0 bridgehead atoms. The zero-order chi connectivity index (χ0) is 17.2. The largest absolute Gasteiger partial charge is 0.508 e. The van der Waals surface area contributed by atoms with Crippen molar-refractivity contribution >= 4 is 5.69 Å². The van der Waals surface area contributed by atoms with Crippen molar-refractivity contribution in [1.82, 2.24) is 4.98 Å². The molecule has 0 radical (unpaired) electrons. The molecule has 1 aromatic heterocycles.